The maximum atomic E-state index is 13.3. The van der Waals surface area contributed by atoms with Crippen LogP contribution in [0.5, 0.6) is 0 Å². The highest BCUT2D eigenvalue weighted by Gasteiger charge is 2.35. The zero-order valence-electron chi connectivity index (χ0n) is 17.6. The summed E-state index contributed by atoms with van der Waals surface area (Å²) in [5, 5.41) is 4.00. The highest BCUT2D eigenvalue weighted by atomic mass is 35.5. The molecule has 168 valence electrons. The van der Waals surface area contributed by atoms with Crippen LogP contribution in [0.3, 0.4) is 0 Å². The smallest absolute Gasteiger partial charge is 0.244 e. The van der Waals surface area contributed by atoms with Gasteiger partial charge >= 0.3 is 0 Å². The van der Waals surface area contributed by atoms with Crippen molar-refractivity contribution in [2.45, 2.75) is 50.3 Å². The Morgan fingerprint density at radius 1 is 1.10 bits per heavy atom. The Bertz CT molecular complexity index is 1040. The van der Waals surface area contributed by atoms with Gasteiger partial charge in [0, 0.05) is 44.6 Å². The molecule has 31 heavy (non-hydrogen) atoms. The summed E-state index contributed by atoms with van der Waals surface area (Å²) in [4.78, 5) is 19.0. The predicted molar refractivity (Wildman–Crippen MR) is 116 cm³/mol. The Labute approximate surface area is 187 Å². The van der Waals surface area contributed by atoms with Gasteiger partial charge in [0.1, 0.15) is 4.90 Å². The number of hydrogen-bond donors (Lipinski definition) is 0. The van der Waals surface area contributed by atoms with Crippen molar-refractivity contribution >= 4 is 27.5 Å². The van der Waals surface area contributed by atoms with Gasteiger partial charge in [0.25, 0.3) is 0 Å². The molecule has 2 saturated heterocycles. The Kier molecular flexibility index (Phi) is 6.64. The monoisotopic (exact) mass is 466 g/mol. The molecule has 3 heterocycles. The third-order valence-electron chi connectivity index (χ3n) is 6.06. The number of halogens is 1. The van der Waals surface area contributed by atoms with E-state index in [1.54, 1.807) is 13.0 Å². The highest BCUT2D eigenvalue weighted by molar-refractivity contribution is 7.89. The first kappa shape index (κ1) is 22.2. The first-order valence-corrected chi connectivity index (χ1v) is 12.6. The summed E-state index contributed by atoms with van der Waals surface area (Å²) in [6, 6.07) is 4.68. The van der Waals surface area contributed by atoms with Crippen LogP contribution in [0.2, 0.25) is 5.02 Å². The first-order chi connectivity index (χ1) is 14.9. The number of piperidine rings is 1. The van der Waals surface area contributed by atoms with Gasteiger partial charge in [-0.15, -0.1) is 0 Å². The van der Waals surface area contributed by atoms with Crippen LogP contribution in [0.1, 0.15) is 44.4 Å². The molecule has 10 heteroatoms. The maximum Gasteiger partial charge on any atom is 0.244 e. The van der Waals surface area contributed by atoms with Crippen LogP contribution in [0.4, 0.5) is 0 Å². The topological polar surface area (TPSA) is 96.6 Å². The number of hydrogen-bond acceptors (Lipinski definition) is 6. The van der Waals surface area contributed by atoms with E-state index in [9.17, 15) is 13.2 Å². The Hall–Kier alpha value is -1.97. The molecule has 2 aliphatic heterocycles. The van der Waals surface area contributed by atoms with Crippen LogP contribution in [0.25, 0.3) is 11.4 Å². The third-order valence-corrected chi connectivity index (χ3v) is 8.44. The second-order valence-electron chi connectivity index (χ2n) is 8.20. The fourth-order valence-corrected chi connectivity index (χ4v) is 6.26. The molecule has 0 unspecified atom stereocenters. The molecule has 0 saturated carbocycles. The van der Waals surface area contributed by atoms with Gasteiger partial charge in [0.15, 0.2) is 0 Å². The molecule has 0 bridgehead atoms. The molecule has 2 fully saturated rings. The van der Waals surface area contributed by atoms with Crippen LogP contribution >= 0.6 is 11.6 Å². The molecule has 0 aliphatic carbocycles. The molecule has 8 nitrogen and oxygen atoms in total. The van der Waals surface area contributed by atoms with Gasteiger partial charge in [0.05, 0.1) is 5.02 Å². The van der Waals surface area contributed by atoms with E-state index in [1.807, 2.05) is 4.90 Å². The molecule has 0 atom stereocenters. The number of rotatable bonds is 4. The summed E-state index contributed by atoms with van der Waals surface area (Å²) in [7, 11) is -3.81. The van der Waals surface area contributed by atoms with E-state index >= 15 is 0 Å². The molecule has 1 aromatic carbocycles. The van der Waals surface area contributed by atoms with E-state index < -0.39 is 10.0 Å². The first-order valence-electron chi connectivity index (χ1n) is 10.8. The van der Waals surface area contributed by atoms with Crippen molar-refractivity contribution in [2.75, 3.05) is 26.2 Å². The molecular formula is C21H27ClN4O4S. The van der Waals surface area contributed by atoms with Crippen molar-refractivity contribution in [3.05, 3.63) is 29.1 Å². The highest BCUT2D eigenvalue weighted by Crippen LogP contribution is 2.32. The quantitative estimate of drug-likeness (QED) is 0.684. The number of amides is 1. The van der Waals surface area contributed by atoms with E-state index in [0.717, 1.165) is 25.9 Å². The molecule has 4 rings (SSSR count). The Morgan fingerprint density at radius 2 is 1.77 bits per heavy atom. The second-order valence-corrected chi connectivity index (χ2v) is 10.5. The van der Waals surface area contributed by atoms with Crippen molar-refractivity contribution in [3.63, 3.8) is 0 Å². The number of carbonyl (C=O) groups is 1. The zero-order valence-corrected chi connectivity index (χ0v) is 19.2. The maximum absolute atomic E-state index is 13.3. The van der Waals surface area contributed by atoms with Crippen molar-refractivity contribution in [1.29, 1.82) is 0 Å². The molecule has 0 radical (unpaired) electrons. The lowest BCUT2D eigenvalue weighted by atomic mass is 9.96. The SMILES string of the molecule is Cc1nc(-c2ccc(Cl)c(S(=O)(=O)N3CCC(C(=O)N4CCCCCC4)CC3)c2)no1. The van der Waals surface area contributed by atoms with Crippen LogP contribution < -0.4 is 0 Å². The van der Waals surface area contributed by atoms with Gasteiger partial charge in [-0.05, 0) is 43.9 Å². The molecule has 2 aliphatic rings. The number of nitrogens with zero attached hydrogens (tertiary/aromatic N) is 4. The van der Waals surface area contributed by atoms with Crippen LogP contribution in [0.15, 0.2) is 27.6 Å². The number of benzene rings is 1. The predicted octanol–water partition coefficient (Wildman–Crippen LogP) is 3.50. The van der Waals surface area contributed by atoms with Crippen molar-refractivity contribution < 1.29 is 17.7 Å². The lowest BCUT2D eigenvalue weighted by Gasteiger charge is -2.33. The normalized spacial score (nSPS) is 19.4. The lowest BCUT2D eigenvalue weighted by molar-refractivity contribution is -0.136. The standard InChI is InChI=1S/C21H27ClN4O4S/c1-15-23-20(24-30-15)17-6-7-18(22)19(14-17)31(28,29)26-12-8-16(9-13-26)21(27)25-10-4-2-3-5-11-25/h6-7,14,16H,2-5,8-13H2,1H3. The second kappa shape index (κ2) is 9.26. The largest absolute Gasteiger partial charge is 0.342 e. The average Bonchev–Trinajstić information content (AvgIpc) is 3.03. The van der Waals surface area contributed by atoms with Crippen LogP contribution in [-0.2, 0) is 14.8 Å². The minimum atomic E-state index is -3.81. The number of likely N-dealkylation sites (tertiary alicyclic amines) is 1. The Morgan fingerprint density at radius 3 is 2.39 bits per heavy atom. The van der Waals surface area contributed by atoms with E-state index in [4.69, 9.17) is 16.1 Å². The van der Waals surface area contributed by atoms with Gasteiger partial charge in [-0.2, -0.15) is 9.29 Å². The van der Waals surface area contributed by atoms with Gasteiger partial charge in [-0.1, -0.05) is 29.6 Å². The minimum absolute atomic E-state index is 0.0198. The average molecular weight is 467 g/mol. The van der Waals surface area contributed by atoms with Crippen LogP contribution in [0, 0.1) is 12.8 Å². The summed E-state index contributed by atoms with van der Waals surface area (Å²) in [5.74, 6) is 0.762. The molecule has 2 aromatic rings. The Balaban J connectivity index is 1.47. The summed E-state index contributed by atoms with van der Waals surface area (Å²) in [5.41, 5.74) is 0.519. The lowest BCUT2D eigenvalue weighted by Crippen LogP contribution is -2.44. The summed E-state index contributed by atoms with van der Waals surface area (Å²) < 4.78 is 33.0. The van der Waals surface area contributed by atoms with E-state index in [1.165, 1.54) is 29.3 Å². The zero-order chi connectivity index (χ0) is 22.0. The summed E-state index contributed by atoms with van der Waals surface area (Å²) in [6.45, 7) is 3.90. The van der Waals surface area contributed by atoms with E-state index in [-0.39, 0.29) is 21.7 Å². The number of aryl methyl sites for hydroxylation is 1. The number of sulfonamides is 1. The summed E-state index contributed by atoms with van der Waals surface area (Å²) >= 11 is 6.26. The van der Waals surface area contributed by atoms with Gasteiger partial charge in [-0.3, -0.25) is 4.79 Å². The van der Waals surface area contributed by atoms with Gasteiger partial charge in [0.2, 0.25) is 27.6 Å². The molecular weight excluding hydrogens is 440 g/mol. The number of carbonyl (C=O) groups excluding carboxylic acids is 1. The van der Waals surface area contributed by atoms with E-state index in [2.05, 4.69) is 10.1 Å². The molecule has 0 N–H and O–H groups in total. The minimum Gasteiger partial charge on any atom is -0.342 e. The van der Waals surface area contributed by atoms with Crippen molar-refractivity contribution in [3.8, 4) is 11.4 Å². The molecule has 1 aromatic heterocycles. The van der Waals surface area contributed by atoms with Gasteiger partial charge in [-0.25, -0.2) is 8.42 Å². The molecule has 1 amide bonds. The summed E-state index contributed by atoms with van der Waals surface area (Å²) in [6.07, 6.45) is 5.49. The fourth-order valence-electron chi connectivity index (χ4n) is 4.29. The fraction of sp³-hybridized carbons (Fsp3) is 0.571. The molecule has 0 spiro atoms. The van der Waals surface area contributed by atoms with Crippen molar-refractivity contribution in [1.82, 2.24) is 19.3 Å². The van der Waals surface area contributed by atoms with Crippen LogP contribution in [-0.4, -0.2) is 59.8 Å². The van der Waals surface area contributed by atoms with Gasteiger partial charge < -0.3 is 9.42 Å². The third kappa shape index (κ3) is 4.78. The van der Waals surface area contributed by atoms with Crippen molar-refractivity contribution in [2.24, 2.45) is 5.92 Å². The van der Waals surface area contributed by atoms with E-state index in [0.29, 0.717) is 43.2 Å². The number of aromatic nitrogens is 2.